The third kappa shape index (κ3) is 3.97. The molecule has 0 aliphatic carbocycles. The second-order valence-electron chi connectivity index (χ2n) is 6.25. The van der Waals surface area contributed by atoms with Gasteiger partial charge < -0.3 is 9.42 Å². The number of piperazine rings is 1. The average molecular weight is 348 g/mol. The van der Waals surface area contributed by atoms with Crippen LogP contribution in [0.25, 0.3) is 0 Å². The van der Waals surface area contributed by atoms with E-state index in [0.29, 0.717) is 18.2 Å². The second-order valence-corrected chi connectivity index (χ2v) is 6.69. The molecule has 0 bridgehead atoms. The zero-order chi connectivity index (χ0) is 17.1. The van der Waals surface area contributed by atoms with Crippen LogP contribution in [0.1, 0.15) is 30.0 Å². The lowest BCUT2D eigenvalue weighted by molar-refractivity contribution is -0.132. The van der Waals surface area contributed by atoms with Gasteiger partial charge in [-0.15, -0.1) is 0 Å². The smallest absolute Gasteiger partial charge is 0.228 e. The lowest BCUT2D eigenvalue weighted by Gasteiger charge is -2.38. The molecule has 0 radical (unpaired) electrons. The molecule has 1 fully saturated rings. The molecular weight excluding hydrogens is 326 g/mol. The Bertz CT molecular complexity index is 691. The van der Waals surface area contributed by atoms with E-state index in [0.717, 1.165) is 37.0 Å². The number of carbonyl (C=O) groups is 1. The van der Waals surface area contributed by atoms with Crippen LogP contribution in [0.3, 0.4) is 0 Å². The summed E-state index contributed by atoms with van der Waals surface area (Å²) in [6.07, 6.45) is 0.310. The molecule has 0 saturated carbocycles. The van der Waals surface area contributed by atoms with Gasteiger partial charge in [-0.2, -0.15) is 0 Å². The molecule has 2 heterocycles. The van der Waals surface area contributed by atoms with Crippen molar-refractivity contribution < 1.29 is 9.32 Å². The van der Waals surface area contributed by atoms with Crippen LogP contribution in [0, 0.1) is 6.92 Å². The van der Waals surface area contributed by atoms with Crippen molar-refractivity contribution in [2.45, 2.75) is 26.3 Å². The fourth-order valence-corrected chi connectivity index (χ4v) is 3.20. The van der Waals surface area contributed by atoms with Crippen LogP contribution in [0.15, 0.2) is 34.9 Å². The third-order valence-electron chi connectivity index (χ3n) is 4.58. The van der Waals surface area contributed by atoms with E-state index >= 15 is 0 Å². The van der Waals surface area contributed by atoms with Crippen molar-refractivity contribution in [1.82, 2.24) is 15.0 Å². The predicted octanol–water partition coefficient (Wildman–Crippen LogP) is 3.08. The van der Waals surface area contributed by atoms with Gasteiger partial charge in [0.25, 0.3) is 0 Å². The number of halogens is 1. The van der Waals surface area contributed by atoms with Crippen molar-refractivity contribution in [3.8, 4) is 0 Å². The minimum atomic E-state index is 0.113. The van der Waals surface area contributed by atoms with E-state index in [1.54, 1.807) is 0 Å². The highest BCUT2D eigenvalue weighted by Crippen LogP contribution is 2.23. The molecule has 0 spiro atoms. The number of aryl methyl sites for hydroxylation is 1. The van der Waals surface area contributed by atoms with E-state index in [4.69, 9.17) is 16.1 Å². The molecule has 1 aromatic heterocycles. The Morgan fingerprint density at radius 3 is 2.50 bits per heavy atom. The first-order chi connectivity index (χ1) is 11.5. The van der Waals surface area contributed by atoms with Crippen molar-refractivity contribution in [3.63, 3.8) is 0 Å². The predicted molar refractivity (Wildman–Crippen MR) is 93.0 cm³/mol. The molecule has 0 unspecified atom stereocenters. The molecule has 1 amide bonds. The molecule has 128 valence electrons. The van der Waals surface area contributed by atoms with Crippen LogP contribution in [0.5, 0.6) is 0 Å². The summed E-state index contributed by atoms with van der Waals surface area (Å²) in [4.78, 5) is 16.7. The van der Waals surface area contributed by atoms with Crippen LogP contribution < -0.4 is 0 Å². The minimum Gasteiger partial charge on any atom is -0.361 e. The lowest BCUT2D eigenvalue weighted by Crippen LogP contribution is -2.49. The van der Waals surface area contributed by atoms with E-state index in [2.05, 4.69) is 29.1 Å². The molecule has 1 aliphatic rings. The zero-order valence-electron chi connectivity index (χ0n) is 14.0. The standard InChI is InChI=1S/C18H22ClN3O2/c1-13-11-17(20-24-13)12-18(23)22-9-7-21(8-10-22)14(2)15-3-5-16(19)6-4-15/h3-6,11,14H,7-10,12H2,1-2H3/t14-/m0/s1. The zero-order valence-corrected chi connectivity index (χ0v) is 14.8. The average Bonchev–Trinajstić information content (AvgIpc) is 3.00. The van der Waals surface area contributed by atoms with Crippen molar-refractivity contribution in [1.29, 1.82) is 0 Å². The van der Waals surface area contributed by atoms with Crippen molar-refractivity contribution >= 4 is 17.5 Å². The maximum Gasteiger partial charge on any atom is 0.228 e. The van der Waals surface area contributed by atoms with E-state index in [1.807, 2.05) is 30.0 Å². The van der Waals surface area contributed by atoms with E-state index in [9.17, 15) is 4.79 Å². The van der Waals surface area contributed by atoms with Crippen molar-refractivity contribution in [3.05, 3.63) is 52.4 Å². The molecule has 3 rings (SSSR count). The van der Waals surface area contributed by atoms with Crippen LogP contribution in [-0.4, -0.2) is 47.0 Å². The summed E-state index contributed by atoms with van der Waals surface area (Å²) in [5, 5.41) is 4.65. The maximum atomic E-state index is 12.4. The largest absolute Gasteiger partial charge is 0.361 e. The topological polar surface area (TPSA) is 49.6 Å². The molecule has 24 heavy (non-hydrogen) atoms. The number of benzene rings is 1. The van der Waals surface area contributed by atoms with Crippen LogP contribution >= 0.6 is 11.6 Å². The van der Waals surface area contributed by atoms with E-state index in [1.165, 1.54) is 5.56 Å². The quantitative estimate of drug-likeness (QED) is 0.852. The van der Waals surface area contributed by atoms with Gasteiger partial charge in [-0.3, -0.25) is 9.69 Å². The van der Waals surface area contributed by atoms with Crippen molar-refractivity contribution in [2.75, 3.05) is 26.2 Å². The van der Waals surface area contributed by atoms with Crippen molar-refractivity contribution in [2.24, 2.45) is 0 Å². The SMILES string of the molecule is Cc1cc(CC(=O)N2CCN([C@@H](C)c3ccc(Cl)cc3)CC2)no1. The highest BCUT2D eigenvalue weighted by atomic mass is 35.5. The van der Waals surface area contributed by atoms with Gasteiger partial charge in [-0.1, -0.05) is 28.9 Å². The number of amides is 1. The monoisotopic (exact) mass is 347 g/mol. The Kier molecular flexibility index (Phi) is 5.21. The number of rotatable bonds is 4. The van der Waals surface area contributed by atoms with Gasteiger partial charge in [-0.25, -0.2) is 0 Å². The number of nitrogens with zero attached hydrogens (tertiary/aromatic N) is 3. The number of hydrogen-bond donors (Lipinski definition) is 0. The highest BCUT2D eigenvalue weighted by molar-refractivity contribution is 6.30. The molecule has 6 heteroatoms. The van der Waals surface area contributed by atoms with E-state index in [-0.39, 0.29) is 5.91 Å². The van der Waals surface area contributed by atoms with Gasteiger partial charge >= 0.3 is 0 Å². The molecule has 0 N–H and O–H groups in total. The van der Waals surface area contributed by atoms with Gasteiger partial charge in [0.05, 0.1) is 12.1 Å². The molecule has 1 saturated heterocycles. The fourth-order valence-electron chi connectivity index (χ4n) is 3.08. The van der Waals surface area contributed by atoms with E-state index < -0.39 is 0 Å². The van der Waals surface area contributed by atoms with Gasteiger partial charge in [0.1, 0.15) is 5.76 Å². The summed E-state index contributed by atoms with van der Waals surface area (Å²) in [7, 11) is 0. The molecule has 2 aromatic rings. The molecule has 1 aliphatic heterocycles. The van der Waals surface area contributed by atoms with Crippen LogP contribution in [0.2, 0.25) is 5.02 Å². The van der Waals surface area contributed by atoms with Gasteiger partial charge in [0.2, 0.25) is 5.91 Å². The van der Waals surface area contributed by atoms with Gasteiger partial charge in [-0.05, 0) is 31.5 Å². The number of carbonyl (C=O) groups excluding carboxylic acids is 1. The maximum absolute atomic E-state index is 12.4. The highest BCUT2D eigenvalue weighted by Gasteiger charge is 2.25. The second kappa shape index (κ2) is 7.36. The summed E-state index contributed by atoms with van der Waals surface area (Å²) < 4.78 is 5.02. The number of hydrogen-bond acceptors (Lipinski definition) is 4. The van der Waals surface area contributed by atoms with Crippen LogP contribution in [0.4, 0.5) is 0 Å². The number of aromatic nitrogens is 1. The molecule has 1 atom stereocenters. The first-order valence-electron chi connectivity index (χ1n) is 8.22. The van der Waals surface area contributed by atoms with Crippen LogP contribution in [-0.2, 0) is 11.2 Å². The Morgan fingerprint density at radius 2 is 1.92 bits per heavy atom. The fraction of sp³-hybridized carbons (Fsp3) is 0.444. The Hall–Kier alpha value is -1.85. The lowest BCUT2D eigenvalue weighted by atomic mass is 10.1. The molecule has 5 nitrogen and oxygen atoms in total. The third-order valence-corrected chi connectivity index (χ3v) is 4.83. The summed E-state index contributed by atoms with van der Waals surface area (Å²) in [6, 6.07) is 10.1. The summed E-state index contributed by atoms with van der Waals surface area (Å²) in [6.45, 7) is 7.25. The Labute approximate surface area is 147 Å². The van der Waals surface area contributed by atoms with Gasteiger partial charge in [0.15, 0.2) is 0 Å². The minimum absolute atomic E-state index is 0.113. The summed E-state index contributed by atoms with van der Waals surface area (Å²) >= 11 is 5.95. The molecule has 1 aromatic carbocycles. The Morgan fingerprint density at radius 1 is 1.25 bits per heavy atom. The summed E-state index contributed by atoms with van der Waals surface area (Å²) in [5.41, 5.74) is 1.95. The Balaban J connectivity index is 1.53. The summed E-state index contributed by atoms with van der Waals surface area (Å²) in [5.74, 6) is 0.849. The first kappa shape index (κ1) is 17.0. The molecular formula is C18H22ClN3O2. The normalized spacial score (nSPS) is 17.0. The first-order valence-corrected chi connectivity index (χ1v) is 8.60. The van der Waals surface area contributed by atoms with Gasteiger partial charge in [0, 0.05) is 43.3 Å².